The predicted octanol–water partition coefficient (Wildman–Crippen LogP) is 3.11. The van der Waals surface area contributed by atoms with Crippen LogP contribution < -0.4 is 0 Å². The Bertz CT molecular complexity index is 492. The van der Waals surface area contributed by atoms with Crippen LogP contribution in [-0.4, -0.2) is 41.0 Å². The fourth-order valence-electron chi connectivity index (χ4n) is 3.33. The summed E-state index contributed by atoms with van der Waals surface area (Å²) >= 11 is 0. The molecule has 0 saturated heterocycles. The molecule has 0 bridgehead atoms. The van der Waals surface area contributed by atoms with Gasteiger partial charge in [0.2, 0.25) is 0 Å². The third-order valence-corrected chi connectivity index (χ3v) is 4.82. The first kappa shape index (κ1) is 16.2. The maximum absolute atomic E-state index is 12.8. The third-order valence-electron chi connectivity index (χ3n) is 4.82. The Hall–Kier alpha value is -1.19. The van der Waals surface area contributed by atoms with Crippen molar-refractivity contribution < 1.29 is 9.90 Å². The average Bonchev–Trinajstić information content (AvgIpc) is 3.00. The summed E-state index contributed by atoms with van der Waals surface area (Å²) in [5.41, 5.74) is 3.15. The molecule has 1 aliphatic carbocycles. The van der Waals surface area contributed by atoms with Gasteiger partial charge in [0.1, 0.15) is 0 Å². The Morgan fingerprint density at radius 1 is 1.29 bits per heavy atom. The molecule has 21 heavy (non-hydrogen) atoms. The second-order valence-corrected chi connectivity index (χ2v) is 6.24. The smallest absolute Gasteiger partial charge is 0.179 e. The fraction of sp³-hybridized carbons (Fsp3) is 0.611. The fourth-order valence-corrected chi connectivity index (χ4v) is 3.33. The molecule has 1 fully saturated rings. The highest BCUT2D eigenvalue weighted by Crippen LogP contribution is 2.26. The maximum atomic E-state index is 12.8. The molecule has 0 amide bonds. The minimum absolute atomic E-state index is 0.112. The van der Waals surface area contributed by atoms with E-state index in [0.717, 1.165) is 24.0 Å². The summed E-state index contributed by atoms with van der Waals surface area (Å²) in [6, 6.07) is 6.21. The summed E-state index contributed by atoms with van der Waals surface area (Å²) < 4.78 is 0. The highest BCUT2D eigenvalue weighted by atomic mass is 16.3. The van der Waals surface area contributed by atoms with Crippen LogP contribution in [0.4, 0.5) is 0 Å². The SMILES string of the molecule is Cc1ccc(C(=O)C(C)N(CCO)C2CCCC2)cc1C. The predicted molar refractivity (Wildman–Crippen MR) is 85.8 cm³/mol. The Balaban J connectivity index is 2.16. The topological polar surface area (TPSA) is 40.5 Å². The molecule has 1 N–H and O–H groups in total. The molecule has 1 saturated carbocycles. The molecule has 1 aliphatic rings. The number of aliphatic hydroxyl groups is 1. The number of aryl methyl sites for hydroxylation is 2. The van der Waals surface area contributed by atoms with Crippen LogP contribution in [0.1, 0.15) is 54.1 Å². The molecule has 0 aromatic heterocycles. The van der Waals surface area contributed by atoms with Crippen molar-refractivity contribution >= 4 is 5.78 Å². The number of carbonyl (C=O) groups excluding carboxylic acids is 1. The maximum Gasteiger partial charge on any atom is 0.179 e. The van der Waals surface area contributed by atoms with Crippen LogP contribution in [0.2, 0.25) is 0 Å². The molecule has 0 aliphatic heterocycles. The van der Waals surface area contributed by atoms with Crippen LogP contribution in [0.5, 0.6) is 0 Å². The van der Waals surface area contributed by atoms with Crippen LogP contribution in [0.25, 0.3) is 0 Å². The van der Waals surface area contributed by atoms with Crippen molar-refractivity contribution in [1.29, 1.82) is 0 Å². The molecule has 1 aromatic rings. The third kappa shape index (κ3) is 3.72. The van der Waals surface area contributed by atoms with Gasteiger partial charge in [-0.15, -0.1) is 0 Å². The Morgan fingerprint density at radius 2 is 1.95 bits per heavy atom. The van der Waals surface area contributed by atoms with Gasteiger partial charge in [-0.1, -0.05) is 25.0 Å². The number of carbonyl (C=O) groups is 1. The highest BCUT2D eigenvalue weighted by molar-refractivity contribution is 6.00. The lowest BCUT2D eigenvalue weighted by atomic mass is 9.98. The van der Waals surface area contributed by atoms with Crippen molar-refractivity contribution in [2.45, 2.75) is 58.5 Å². The summed E-state index contributed by atoms with van der Waals surface area (Å²) in [6.45, 7) is 6.78. The molecule has 3 heteroatoms. The van der Waals surface area contributed by atoms with Crippen LogP contribution >= 0.6 is 0 Å². The number of nitrogens with zero attached hydrogens (tertiary/aromatic N) is 1. The number of hydrogen-bond acceptors (Lipinski definition) is 3. The zero-order valence-corrected chi connectivity index (χ0v) is 13.4. The van der Waals surface area contributed by atoms with Crippen molar-refractivity contribution in [1.82, 2.24) is 4.90 Å². The van der Waals surface area contributed by atoms with Gasteiger partial charge in [-0.25, -0.2) is 0 Å². The second-order valence-electron chi connectivity index (χ2n) is 6.24. The van der Waals surface area contributed by atoms with E-state index in [-0.39, 0.29) is 18.4 Å². The van der Waals surface area contributed by atoms with Gasteiger partial charge in [-0.2, -0.15) is 0 Å². The summed E-state index contributed by atoms with van der Waals surface area (Å²) in [5, 5.41) is 9.33. The lowest BCUT2D eigenvalue weighted by Gasteiger charge is -2.33. The number of hydrogen-bond donors (Lipinski definition) is 1. The molecule has 0 spiro atoms. The van der Waals surface area contributed by atoms with E-state index in [1.54, 1.807) is 0 Å². The van der Waals surface area contributed by atoms with Crippen LogP contribution in [-0.2, 0) is 0 Å². The molecule has 1 aromatic carbocycles. The number of aliphatic hydroxyl groups excluding tert-OH is 1. The first-order chi connectivity index (χ1) is 10.0. The van der Waals surface area contributed by atoms with Crippen molar-refractivity contribution in [2.75, 3.05) is 13.2 Å². The Kier molecular flexibility index (Phi) is 5.54. The summed E-state index contributed by atoms with van der Waals surface area (Å²) in [7, 11) is 0. The number of rotatable bonds is 6. The minimum Gasteiger partial charge on any atom is -0.395 e. The summed E-state index contributed by atoms with van der Waals surface area (Å²) in [4.78, 5) is 15.0. The first-order valence-corrected chi connectivity index (χ1v) is 8.02. The molecule has 116 valence electrons. The number of benzene rings is 1. The Morgan fingerprint density at radius 3 is 2.52 bits per heavy atom. The molecule has 1 unspecified atom stereocenters. The van der Waals surface area contributed by atoms with E-state index in [1.165, 1.54) is 18.4 Å². The Labute approximate surface area is 128 Å². The largest absolute Gasteiger partial charge is 0.395 e. The van der Waals surface area contributed by atoms with E-state index < -0.39 is 0 Å². The quantitative estimate of drug-likeness (QED) is 0.818. The van der Waals surface area contributed by atoms with Gasteiger partial charge in [0, 0.05) is 18.2 Å². The van der Waals surface area contributed by atoms with Gasteiger partial charge in [-0.3, -0.25) is 9.69 Å². The van der Waals surface area contributed by atoms with Gasteiger partial charge < -0.3 is 5.11 Å². The van der Waals surface area contributed by atoms with Crippen LogP contribution in [0, 0.1) is 13.8 Å². The molecular formula is C18H27NO2. The van der Waals surface area contributed by atoms with E-state index in [1.807, 2.05) is 32.0 Å². The van der Waals surface area contributed by atoms with Gasteiger partial charge >= 0.3 is 0 Å². The zero-order valence-electron chi connectivity index (χ0n) is 13.4. The monoisotopic (exact) mass is 289 g/mol. The number of ketones is 1. The molecule has 3 nitrogen and oxygen atoms in total. The first-order valence-electron chi connectivity index (χ1n) is 8.02. The van der Waals surface area contributed by atoms with Gasteiger partial charge in [0.25, 0.3) is 0 Å². The van der Waals surface area contributed by atoms with Crippen LogP contribution in [0.15, 0.2) is 18.2 Å². The number of Topliss-reactive ketones (excluding diaryl/α,β-unsaturated/α-hetero) is 1. The lowest BCUT2D eigenvalue weighted by Crippen LogP contribution is -2.46. The van der Waals surface area contributed by atoms with Gasteiger partial charge in [-0.05, 0) is 50.8 Å². The summed E-state index contributed by atoms with van der Waals surface area (Å²) in [6.07, 6.45) is 4.75. The normalized spacial score (nSPS) is 17.4. The summed E-state index contributed by atoms with van der Waals surface area (Å²) in [5.74, 6) is 0.165. The van der Waals surface area contributed by atoms with Crippen molar-refractivity contribution in [3.8, 4) is 0 Å². The highest BCUT2D eigenvalue weighted by Gasteiger charge is 2.30. The van der Waals surface area contributed by atoms with E-state index in [4.69, 9.17) is 0 Å². The minimum atomic E-state index is -0.164. The van der Waals surface area contributed by atoms with E-state index in [9.17, 15) is 9.90 Å². The van der Waals surface area contributed by atoms with Crippen LogP contribution in [0.3, 0.4) is 0 Å². The molecule has 2 rings (SSSR count). The molecule has 1 atom stereocenters. The zero-order chi connectivity index (χ0) is 15.4. The van der Waals surface area contributed by atoms with Gasteiger partial charge in [0.05, 0.1) is 12.6 Å². The standard InChI is InChI=1S/C18H27NO2/c1-13-8-9-16(12-14(13)2)18(21)15(3)19(10-11-20)17-6-4-5-7-17/h8-9,12,15,17,20H,4-7,10-11H2,1-3H3. The van der Waals surface area contributed by atoms with Crippen molar-refractivity contribution in [3.63, 3.8) is 0 Å². The van der Waals surface area contributed by atoms with E-state index in [2.05, 4.69) is 11.8 Å². The average molecular weight is 289 g/mol. The molecule has 0 radical (unpaired) electrons. The van der Waals surface area contributed by atoms with Crippen molar-refractivity contribution in [2.24, 2.45) is 0 Å². The molecular weight excluding hydrogens is 262 g/mol. The van der Waals surface area contributed by atoms with E-state index in [0.29, 0.717) is 12.6 Å². The lowest BCUT2D eigenvalue weighted by molar-refractivity contribution is 0.0707. The molecule has 0 heterocycles. The van der Waals surface area contributed by atoms with Crippen molar-refractivity contribution in [3.05, 3.63) is 34.9 Å². The van der Waals surface area contributed by atoms with E-state index >= 15 is 0 Å². The van der Waals surface area contributed by atoms with Gasteiger partial charge in [0.15, 0.2) is 5.78 Å². The second kappa shape index (κ2) is 7.19.